The standard InChI is InChI=1S/C19H16N4O3S/c20-19(26)23-15-9-7-14(8-10-15)21-17(24)12-3-5-13(6-4-12)22-18(25)16-2-1-11-27-16/h1-11H,(H,21,24)(H,22,25)(H3,20,23,26). The Labute approximate surface area is 159 Å². The van der Waals surface area contributed by atoms with Gasteiger partial charge in [0.2, 0.25) is 0 Å². The van der Waals surface area contributed by atoms with Crippen LogP contribution in [0, 0.1) is 0 Å². The minimum absolute atomic E-state index is 0.188. The van der Waals surface area contributed by atoms with Gasteiger partial charge in [0.25, 0.3) is 11.8 Å². The van der Waals surface area contributed by atoms with E-state index in [0.29, 0.717) is 27.5 Å². The lowest BCUT2D eigenvalue weighted by molar-refractivity contribution is 0.102. The second kappa shape index (κ2) is 8.15. The molecule has 7 nitrogen and oxygen atoms in total. The molecule has 4 amide bonds. The molecule has 0 aliphatic heterocycles. The van der Waals surface area contributed by atoms with Gasteiger partial charge in [-0.05, 0) is 60.0 Å². The second-order valence-electron chi connectivity index (χ2n) is 5.53. The zero-order chi connectivity index (χ0) is 19.2. The molecule has 8 heteroatoms. The number of nitrogens with two attached hydrogens (primary N) is 1. The molecule has 1 heterocycles. The van der Waals surface area contributed by atoms with Gasteiger partial charge in [-0.25, -0.2) is 4.79 Å². The van der Waals surface area contributed by atoms with Gasteiger partial charge in [0.1, 0.15) is 0 Å². The summed E-state index contributed by atoms with van der Waals surface area (Å²) in [5.41, 5.74) is 7.20. The summed E-state index contributed by atoms with van der Waals surface area (Å²) in [6, 6.07) is 16.0. The average molecular weight is 380 g/mol. The van der Waals surface area contributed by atoms with Gasteiger partial charge in [0.05, 0.1) is 4.88 Å². The van der Waals surface area contributed by atoms with Crippen LogP contribution in [-0.4, -0.2) is 17.8 Å². The zero-order valence-electron chi connectivity index (χ0n) is 14.1. The summed E-state index contributed by atoms with van der Waals surface area (Å²) < 4.78 is 0. The van der Waals surface area contributed by atoms with E-state index < -0.39 is 6.03 Å². The number of amides is 4. The van der Waals surface area contributed by atoms with Gasteiger partial charge in [0, 0.05) is 22.6 Å². The fourth-order valence-corrected chi connectivity index (χ4v) is 2.91. The number of nitrogens with one attached hydrogen (secondary N) is 3. The van der Waals surface area contributed by atoms with Crippen molar-refractivity contribution in [2.24, 2.45) is 5.73 Å². The van der Waals surface area contributed by atoms with E-state index in [9.17, 15) is 14.4 Å². The van der Waals surface area contributed by atoms with Gasteiger partial charge >= 0.3 is 6.03 Å². The van der Waals surface area contributed by atoms with Crippen LogP contribution in [0.15, 0.2) is 66.0 Å². The monoisotopic (exact) mass is 380 g/mol. The predicted octanol–water partition coefficient (Wildman–Crippen LogP) is 3.74. The molecule has 5 N–H and O–H groups in total. The minimum Gasteiger partial charge on any atom is -0.351 e. The van der Waals surface area contributed by atoms with Crippen molar-refractivity contribution >= 4 is 46.2 Å². The number of carbonyl (C=O) groups excluding carboxylic acids is 3. The molecule has 0 saturated carbocycles. The Kier molecular flexibility index (Phi) is 5.48. The molecule has 2 aromatic carbocycles. The Bertz CT molecular complexity index is 952. The van der Waals surface area contributed by atoms with Crippen molar-refractivity contribution in [3.05, 3.63) is 76.5 Å². The highest BCUT2D eigenvalue weighted by Gasteiger charge is 2.09. The van der Waals surface area contributed by atoms with Crippen molar-refractivity contribution < 1.29 is 14.4 Å². The number of benzene rings is 2. The van der Waals surface area contributed by atoms with Crippen LogP contribution in [0.4, 0.5) is 21.9 Å². The number of carbonyl (C=O) groups is 3. The fourth-order valence-electron chi connectivity index (χ4n) is 2.29. The molecule has 0 atom stereocenters. The maximum atomic E-state index is 12.3. The lowest BCUT2D eigenvalue weighted by Crippen LogP contribution is -2.19. The van der Waals surface area contributed by atoms with Gasteiger partial charge in [-0.2, -0.15) is 0 Å². The van der Waals surface area contributed by atoms with Crippen molar-refractivity contribution in [3.8, 4) is 0 Å². The van der Waals surface area contributed by atoms with E-state index in [1.165, 1.54) is 11.3 Å². The first-order valence-electron chi connectivity index (χ1n) is 7.94. The fraction of sp³-hybridized carbons (Fsp3) is 0. The normalized spacial score (nSPS) is 10.1. The highest BCUT2D eigenvalue weighted by atomic mass is 32.1. The Morgan fingerprint density at radius 2 is 1.22 bits per heavy atom. The van der Waals surface area contributed by atoms with Crippen LogP contribution in [0.3, 0.4) is 0 Å². The summed E-state index contributed by atoms with van der Waals surface area (Å²) in [5.74, 6) is -0.478. The molecule has 3 rings (SSSR count). The Hall–Kier alpha value is -3.65. The van der Waals surface area contributed by atoms with Crippen LogP contribution in [-0.2, 0) is 0 Å². The van der Waals surface area contributed by atoms with E-state index in [4.69, 9.17) is 5.73 Å². The molecule has 27 heavy (non-hydrogen) atoms. The van der Waals surface area contributed by atoms with E-state index in [-0.39, 0.29) is 11.8 Å². The largest absolute Gasteiger partial charge is 0.351 e. The van der Waals surface area contributed by atoms with Crippen LogP contribution in [0.1, 0.15) is 20.0 Å². The van der Waals surface area contributed by atoms with Gasteiger partial charge in [0.15, 0.2) is 0 Å². The zero-order valence-corrected chi connectivity index (χ0v) is 14.9. The molecule has 136 valence electrons. The summed E-state index contributed by atoms with van der Waals surface area (Å²) in [5, 5.41) is 9.80. The number of hydrogen-bond acceptors (Lipinski definition) is 4. The topological polar surface area (TPSA) is 113 Å². The third-order valence-electron chi connectivity index (χ3n) is 3.56. The van der Waals surface area contributed by atoms with E-state index in [1.807, 2.05) is 11.4 Å². The molecule has 3 aromatic rings. The third kappa shape index (κ3) is 4.93. The molecule has 0 unspecified atom stereocenters. The van der Waals surface area contributed by atoms with Crippen LogP contribution >= 0.6 is 11.3 Å². The molecule has 0 bridgehead atoms. The van der Waals surface area contributed by atoms with Crippen molar-refractivity contribution in [2.75, 3.05) is 16.0 Å². The van der Waals surface area contributed by atoms with E-state index in [1.54, 1.807) is 54.6 Å². The van der Waals surface area contributed by atoms with E-state index >= 15 is 0 Å². The highest BCUT2D eigenvalue weighted by molar-refractivity contribution is 7.12. The van der Waals surface area contributed by atoms with Crippen molar-refractivity contribution in [1.82, 2.24) is 0 Å². The molecule has 0 fully saturated rings. The first-order chi connectivity index (χ1) is 13.0. The molecule has 0 radical (unpaired) electrons. The summed E-state index contributed by atoms with van der Waals surface area (Å²) >= 11 is 1.36. The number of rotatable bonds is 5. The first-order valence-corrected chi connectivity index (χ1v) is 8.82. The number of thiophene rings is 1. The Morgan fingerprint density at radius 3 is 1.74 bits per heavy atom. The predicted molar refractivity (Wildman–Crippen MR) is 106 cm³/mol. The Morgan fingerprint density at radius 1 is 0.704 bits per heavy atom. The molecular formula is C19H16N4O3S. The average Bonchev–Trinajstić information content (AvgIpc) is 3.18. The van der Waals surface area contributed by atoms with Gasteiger partial charge in [-0.1, -0.05) is 6.07 Å². The van der Waals surface area contributed by atoms with Crippen LogP contribution in [0.5, 0.6) is 0 Å². The number of urea groups is 1. The lowest BCUT2D eigenvalue weighted by atomic mass is 10.2. The van der Waals surface area contributed by atoms with Crippen LogP contribution < -0.4 is 21.7 Å². The quantitative estimate of drug-likeness (QED) is 0.540. The van der Waals surface area contributed by atoms with Gasteiger partial charge in [-0.15, -0.1) is 11.3 Å². The number of primary amides is 1. The lowest BCUT2D eigenvalue weighted by Gasteiger charge is -2.08. The SMILES string of the molecule is NC(=O)Nc1ccc(NC(=O)c2ccc(NC(=O)c3cccs3)cc2)cc1. The van der Waals surface area contributed by atoms with Crippen molar-refractivity contribution in [1.29, 1.82) is 0 Å². The number of anilines is 3. The molecule has 0 aliphatic rings. The minimum atomic E-state index is -0.655. The molecular weight excluding hydrogens is 364 g/mol. The summed E-state index contributed by atoms with van der Waals surface area (Å²) in [4.78, 5) is 35.7. The van der Waals surface area contributed by atoms with Crippen molar-refractivity contribution in [3.63, 3.8) is 0 Å². The van der Waals surface area contributed by atoms with Crippen molar-refractivity contribution in [2.45, 2.75) is 0 Å². The molecule has 1 aromatic heterocycles. The number of hydrogen-bond donors (Lipinski definition) is 4. The van der Waals surface area contributed by atoms with Crippen LogP contribution in [0.2, 0.25) is 0 Å². The first kappa shape index (κ1) is 18.2. The molecule has 0 saturated heterocycles. The van der Waals surface area contributed by atoms with E-state index in [0.717, 1.165) is 0 Å². The summed E-state index contributed by atoms with van der Waals surface area (Å²) in [6.07, 6.45) is 0. The summed E-state index contributed by atoms with van der Waals surface area (Å²) in [7, 11) is 0. The van der Waals surface area contributed by atoms with Gasteiger partial charge < -0.3 is 21.7 Å². The smallest absolute Gasteiger partial charge is 0.316 e. The summed E-state index contributed by atoms with van der Waals surface area (Å²) in [6.45, 7) is 0. The molecule has 0 spiro atoms. The molecule has 0 aliphatic carbocycles. The second-order valence-corrected chi connectivity index (χ2v) is 6.48. The highest BCUT2D eigenvalue weighted by Crippen LogP contribution is 2.17. The Balaban J connectivity index is 1.60. The van der Waals surface area contributed by atoms with Crippen LogP contribution in [0.25, 0.3) is 0 Å². The maximum absolute atomic E-state index is 12.3. The van der Waals surface area contributed by atoms with E-state index in [2.05, 4.69) is 16.0 Å². The maximum Gasteiger partial charge on any atom is 0.316 e. The van der Waals surface area contributed by atoms with Gasteiger partial charge in [-0.3, -0.25) is 9.59 Å². The third-order valence-corrected chi connectivity index (χ3v) is 4.43.